The highest BCUT2D eigenvalue weighted by molar-refractivity contribution is 6.46. The number of nitrogens with zero attached hydrogens (tertiary/aromatic N) is 2. The Morgan fingerprint density at radius 3 is 2.38 bits per heavy atom. The van der Waals surface area contributed by atoms with Crippen molar-refractivity contribution < 1.29 is 28.2 Å². The fourth-order valence-electron chi connectivity index (χ4n) is 4.18. The molecule has 2 saturated heterocycles. The molecule has 4 rings (SSSR count). The zero-order valence-corrected chi connectivity index (χ0v) is 17.5. The van der Waals surface area contributed by atoms with E-state index in [2.05, 4.69) is 4.90 Å². The molecule has 0 bridgehead atoms. The molecular formula is C24H24F2N2O4. The van der Waals surface area contributed by atoms with E-state index in [4.69, 9.17) is 4.74 Å². The van der Waals surface area contributed by atoms with Gasteiger partial charge in [-0.2, -0.15) is 0 Å². The van der Waals surface area contributed by atoms with Crippen LogP contribution in [0.2, 0.25) is 0 Å². The third-order valence-corrected chi connectivity index (χ3v) is 5.83. The Bertz CT molecular complexity index is 1030. The molecule has 6 nitrogen and oxygen atoms in total. The van der Waals surface area contributed by atoms with Crippen molar-refractivity contribution >= 4 is 17.4 Å². The molecule has 1 N–H and O–H groups in total. The maximum atomic E-state index is 14.7. The number of halogens is 2. The number of amides is 1. The first-order chi connectivity index (χ1) is 15.5. The molecule has 2 aromatic carbocycles. The van der Waals surface area contributed by atoms with E-state index in [0.29, 0.717) is 26.2 Å². The van der Waals surface area contributed by atoms with Gasteiger partial charge in [-0.15, -0.1) is 0 Å². The smallest absolute Gasteiger partial charge is 0.295 e. The maximum Gasteiger partial charge on any atom is 0.295 e. The predicted octanol–water partition coefficient (Wildman–Crippen LogP) is 3.11. The minimum absolute atomic E-state index is 0.127. The molecule has 1 amide bonds. The first-order valence-electron chi connectivity index (χ1n) is 10.6. The van der Waals surface area contributed by atoms with Crippen LogP contribution < -0.4 is 0 Å². The quantitative estimate of drug-likeness (QED) is 0.423. The monoisotopic (exact) mass is 442 g/mol. The molecule has 168 valence electrons. The van der Waals surface area contributed by atoms with Crippen LogP contribution in [0.15, 0.2) is 54.1 Å². The van der Waals surface area contributed by atoms with Crippen LogP contribution in [0.3, 0.4) is 0 Å². The van der Waals surface area contributed by atoms with E-state index in [0.717, 1.165) is 25.2 Å². The molecule has 0 radical (unpaired) electrons. The van der Waals surface area contributed by atoms with Crippen molar-refractivity contribution in [3.63, 3.8) is 0 Å². The van der Waals surface area contributed by atoms with E-state index in [1.807, 2.05) is 0 Å². The number of ketones is 1. The standard InChI is InChI=1S/C24H24F2N2O4/c25-17-8-6-16(7-9-17)22(29)20-21(18-4-1-2-5-19(18)26)28(24(31)23(20)30)11-3-10-27-12-14-32-15-13-27/h1-2,4-9,21,29H,3,10-15H2/b22-20+/t21-/m0/s1. The van der Waals surface area contributed by atoms with E-state index in [-0.39, 0.29) is 23.2 Å². The Balaban J connectivity index is 1.68. The number of aliphatic hydroxyl groups excluding tert-OH is 1. The van der Waals surface area contributed by atoms with Crippen LogP contribution in [0, 0.1) is 11.6 Å². The van der Waals surface area contributed by atoms with E-state index in [1.165, 1.54) is 35.2 Å². The van der Waals surface area contributed by atoms with Crippen molar-refractivity contribution in [2.24, 2.45) is 0 Å². The molecule has 0 saturated carbocycles. The number of carbonyl (C=O) groups is 2. The second-order valence-electron chi connectivity index (χ2n) is 7.83. The SMILES string of the molecule is O=C1C(=O)N(CCCN2CCOCC2)[C@@H](c2ccccc2F)/C1=C(\O)c1ccc(F)cc1. The fraction of sp³-hybridized carbons (Fsp3) is 0.333. The fourth-order valence-corrected chi connectivity index (χ4v) is 4.18. The Morgan fingerprint density at radius 1 is 1.00 bits per heavy atom. The Hall–Kier alpha value is -3.10. The zero-order valence-electron chi connectivity index (χ0n) is 17.5. The number of carbonyl (C=O) groups excluding carboxylic acids is 2. The number of benzene rings is 2. The lowest BCUT2D eigenvalue weighted by Crippen LogP contribution is -2.39. The lowest BCUT2D eigenvalue weighted by Gasteiger charge is -2.29. The van der Waals surface area contributed by atoms with Crippen LogP contribution >= 0.6 is 0 Å². The molecule has 2 aliphatic rings. The average molecular weight is 442 g/mol. The van der Waals surface area contributed by atoms with Gasteiger partial charge in [0.2, 0.25) is 0 Å². The minimum atomic E-state index is -1.06. The average Bonchev–Trinajstić information content (AvgIpc) is 3.05. The summed E-state index contributed by atoms with van der Waals surface area (Å²) in [5.41, 5.74) is 0.110. The van der Waals surface area contributed by atoms with Gasteiger partial charge >= 0.3 is 0 Å². The number of hydrogen-bond donors (Lipinski definition) is 1. The van der Waals surface area contributed by atoms with Crippen molar-refractivity contribution in [3.05, 3.63) is 76.9 Å². The minimum Gasteiger partial charge on any atom is -0.507 e. The van der Waals surface area contributed by atoms with E-state index in [1.54, 1.807) is 6.07 Å². The second kappa shape index (κ2) is 9.58. The van der Waals surface area contributed by atoms with Gasteiger partial charge in [0.05, 0.1) is 24.8 Å². The van der Waals surface area contributed by atoms with Crippen molar-refractivity contribution in [2.75, 3.05) is 39.4 Å². The van der Waals surface area contributed by atoms with Crippen molar-refractivity contribution in [2.45, 2.75) is 12.5 Å². The number of ether oxygens (including phenoxy) is 1. The largest absolute Gasteiger partial charge is 0.507 e. The lowest BCUT2D eigenvalue weighted by molar-refractivity contribution is -0.140. The van der Waals surface area contributed by atoms with Crippen molar-refractivity contribution in [1.82, 2.24) is 9.80 Å². The maximum absolute atomic E-state index is 14.7. The summed E-state index contributed by atoms with van der Waals surface area (Å²) in [7, 11) is 0. The number of morpholine rings is 1. The summed E-state index contributed by atoms with van der Waals surface area (Å²) in [6, 6.07) is 9.74. The highest BCUT2D eigenvalue weighted by Crippen LogP contribution is 2.40. The van der Waals surface area contributed by atoms with Gasteiger partial charge in [0.15, 0.2) is 0 Å². The van der Waals surface area contributed by atoms with Gasteiger partial charge < -0.3 is 14.7 Å². The van der Waals surface area contributed by atoms with E-state index >= 15 is 0 Å². The van der Waals surface area contributed by atoms with Gasteiger partial charge in [-0.1, -0.05) is 18.2 Å². The topological polar surface area (TPSA) is 70.1 Å². The summed E-state index contributed by atoms with van der Waals surface area (Å²) in [6.07, 6.45) is 0.578. The van der Waals surface area contributed by atoms with Gasteiger partial charge in [-0.25, -0.2) is 8.78 Å². The lowest BCUT2D eigenvalue weighted by atomic mass is 9.95. The van der Waals surface area contributed by atoms with Crippen LogP contribution in [0.5, 0.6) is 0 Å². The van der Waals surface area contributed by atoms with Crippen LogP contribution in [-0.2, 0) is 14.3 Å². The van der Waals surface area contributed by atoms with Crippen LogP contribution in [0.1, 0.15) is 23.6 Å². The van der Waals surface area contributed by atoms with Gasteiger partial charge in [0.25, 0.3) is 11.7 Å². The summed E-state index contributed by atoms with van der Waals surface area (Å²) in [5, 5.41) is 10.9. The summed E-state index contributed by atoms with van der Waals surface area (Å²) in [4.78, 5) is 29.3. The molecular weight excluding hydrogens is 418 g/mol. The molecule has 2 heterocycles. The Labute approximate surface area is 184 Å². The molecule has 0 unspecified atom stereocenters. The van der Waals surface area contributed by atoms with Crippen LogP contribution in [-0.4, -0.2) is 66.0 Å². The van der Waals surface area contributed by atoms with Crippen molar-refractivity contribution in [1.29, 1.82) is 0 Å². The summed E-state index contributed by atoms with van der Waals surface area (Å²) in [6.45, 7) is 3.81. The molecule has 1 atom stereocenters. The molecule has 0 spiro atoms. The summed E-state index contributed by atoms with van der Waals surface area (Å²) >= 11 is 0. The summed E-state index contributed by atoms with van der Waals surface area (Å²) in [5.74, 6) is -3.21. The molecule has 0 aliphatic carbocycles. The first kappa shape index (κ1) is 22.1. The predicted molar refractivity (Wildman–Crippen MR) is 114 cm³/mol. The second-order valence-corrected chi connectivity index (χ2v) is 7.83. The number of Topliss-reactive ketones (excluding diaryl/α,β-unsaturated/α-hetero) is 1. The third kappa shape index (κ3) is 4.42. The highest BCUT2D eigenvalue weighted by Gasteiger charge is 2.46. The Kier molecular flexibility index (Phi) is 6.62. The summed E-state index contributed by atoms with van der Waals surface area (Å²) < 4.78 is 33.4. The van der Waals surface area contributed by atoms with Gasteiger partial charge in [-0.3, -0.25) is 14.5 Å². The highest BCUT2D eigenvalue weighted by atomic mass is 19.1. The molecule has 2 aromatic rings. The van der Waals surface area contributed by atoms with Crippen molar-refractivity contribution in [3.8, 4) is 0 Å². The zero-order chi connectivity index (χ0) is 22.7. The van der Waals surface area contributed by atoms with E-state index in [9.17, 15) is 23.5 Å². The first-order valence-corrected chi connectivity index (χ1v) is 10.6. The van der Waals surface area contributed by atoms with E-state index < -0.39 is 35.1 Å². The molecule has 2 aliphatic heterocycles. The number of likely N-dealkylation sites (tertiary alicyclic amines) is 1. The molecule has 8 heteroatoms. The van der Waals surface area contributed by atoms with Gasteiger partial charge in [-0.05, 0) is 36.8 Å². The van der Waals surface area contributed by atoms with Gasteiger partial charge in [0, 0.05) is 37.3 Å². The Morgan fingerprint density at radius 2 is 1.69 bits per heavy atom. The molecule has 0 aromatic heterocycles. The number of hydrogen-bond acceptors (Lipinski definition) is 5. The van der Waals surface area contributed by atoms with Crippen LogP contribution in [0.25, 0.3) is 5.76 Å². The van der Waals surface area contributed by atoms with Crippen LogP contribution in [0.4, 0.5) is 8.78 Å². The molecule has 32 heavy (non-hydrogen) atoms. The third-order valence-electron chi connectivity index (χ3n) is 5.83. The van der Waals surface area contributed by atoms with Gasteiger partial charge in [0.1, 0.15) is 17.4 Å². The normalized spacial score (nSPS) is 21.3. The number of aliphatic hydroxyl groups is 1. The molecule has 2 fully saturated rings. The number of rotatable bonds is 6.